The van der Waals surface area contributed by atoms with E-state index < -0.39 is 0 Å². The summed E-state index contributed by atoms with van der Waals surface area (Å²) < 4.78 is 0. The Hall–Kier alpha value is -0.120. The monoisotopic (exact) mass is 147 g/mol. The highest BCUT2D eigenvalue weighted by Gasteiger charge is 2.03. The van der Waals surface area contributed by atoms with Gasteiger partial charge in [-0.15, -0.1) is 0 Å². The van der Waals surface area contributed by atoms with Crippen LogP contribution in [0.4, 0.5) is 0 Å². The fourth-order valence-corrected chi connectivity index (χ4v) is 0.675. The SMILES string of the molecule is CCC(CO)NC[C@H](C)O. The molecule has 0 spiro atoms. The van der Waals surface area contributed by atoms with E-state index in [0.717, 1.165) is 6.42 Å². The first-order valence-electron chi connectivity index (χ1n) is 3.73. The highest BCUT2D eigenvalue weighted by molar-refractivity contribution is 4.64. The summed E-state index contributed by atoms with van der Waals surface area (Å²) in [5.74, 6) is 0. The van der Waals surface area contributed by atoms with E-state index in [4.69, 9.17) is 10.2 Å². The number of hydrogen-bond donors (Lipinski definition) is 3. The maximum atomic E-state index is 8.85. The lowest BCUT2D eigenvalue weighted by molar-refractivity contribution is 0.171. The molecule has 0 aromatic rings. The molecule has 0 bridgehead atoms. The van der Waals surface area contributed by atoms with Crippen molar-refractivity contribution < 1.29 is 10.2 Å². The Morgan fingerprint density at radius 1 is 1.50 bits per heavy atom. The van der Waals surface area contributed by atoms with E-state index in [1.807, 2.05) is 6.92 Å². The van der Waals surface area contributed by atoms with Gasteiger partial charge in [0.2, 0.25) is 0 Å². The molecule has 10 heavy (non-hydrogen) atoms. The van der Waals surface area contributed by atoms with Crippen molar-refractivity contribution in [3.8, 4) is 0 Å². The van der Waals surface area contributed by atoms with E-state index in [9.17, 15) is 0 Å². The van der Waals surface area contributed by atoms with E-state index >= 15 is 0 Å². The van der Waals surface area contributed by atoms with Crippen molar-refractivity contribution >= 4 is 0 Å². The molecule has 0 saturated heterocycles. The van der Waals surface area contributed by atoms with Gasteiger partial charge < -0.3 is 15.5 Å². The predicted molar refractivity (Wildman–Crippen MR) is 40.8 cm³/mol. The summed E-state index contributed by atoms with van der Waals surface area (Å²) in [7, 11) is 0. The zero-order chi connectivity index (χ0) is 7.98. The summed E-state index contributed by atoms with van der Waals surface area (Å²) in [5, 5.41) is 20.6. The van der Waals surface area contributed by atoms with Gasteiger partial charge in [0.15, 0.2) is 0 Å². The minimum Gasteiger partial charge on any atom is -0.395 e. The summed E-state index contributed by atoms with van der Waals surface area (Å²) in [6.45, 7) is 4.41. The molecule has 1 unspecified atom stereocenters. The molecule has 0 aliphatic rings. The Bertz CT molecular complexity index is 72.0. The van der Waals surface area contributed by atoms with Crippen molar-refractivity contribution in [2.45, 2.75) is 32.4 Å². The molecule has 0 aliphatic carbocycles. The van der Waals surface area contributed by atoms with Crippen LogP contribution in [0.1, 0.15) is 20.3 Å². The lowest BCUT2D eigenvalue weighted by atomic mass is 10.2. The molecular formula is C7H17NO2. The van der Waals surface area contributed by atoms with Crippen LogP contribution in [0.5, 0.6) is 0 Å². The summed E-state index contributed by atoms with van der Waals surface area (Å²) in [5.41, 5.74) is 0. The predicted octanol–water partition coefficient (Wildman–Crippen LogP) is -0.272. The Morgan fingerprint density at radius 3 is 2.40 bits per heavy atom. The van der Waals surface area contributed by atoms with Gasteiger partial charge in [-0.05, 0) is 13.3 Å². The minimum absolute atomic E-state index is 0.134. The Morgan fingerprint density at radius 2 is 2.10 bits per heavy atom. The van der Waals surface area contributed by atoms with E-state index in [2.05, 4.69) is 5.32 Å². The van der Waals surface area contributed by atoms with Crippen LogP contribution >= 0.6 is 0 Å². The van der Waals surface area contributed by atoms with Crippen molar-refractivity contribution in [2.75, 3.05) is 13.2 Å². The molecule has 0 saturated carbocycles. The van der Waals surface area contributed by atoms with Crippen LogP contribution in [0.2, 0.25) is 0 Å². The molecule has 0 radical (unpaired) electrons. The fraction of sp³-hybridized carbons (Fsp3) is 1.00. The number of rotatable bonds is 5. The quantitative estimate of drug-likeness (QED) is 0.501. The van der Waals surface area contributed by atoms with Crippen molar-refractivity contribution in [3.05, 3.63) is 0 Å². The third kappa shape index (κ3) is 4.73. The average molecular weight is 147 g/mol. The Kier molecular flexibility index (Phi) is 5.58. The number of hydrogen-bond acceptors (Lipinski definition) is 3. The maximum absolute atomic E-state index is 8.85. The van der Waals surface area contributed by atoms with Gasteiger partial charge in [-0.2, -0.15) is 0 Å². The number of nitrogens with one attached hydrogen (secondary N) is 1. The van der Waals surface area contributed by atoms with Crippen LogP contribution in [-0.4, -0.2) is 35.5 Å². The smallest absolute Gasteiger partial charge is 0.0636 e. The highest BCUT2D eigenvalue weighted by atomic mass is 16.3. The van der Waals surface area contributed by atoms with Gasteiger partial charge in [0.25, 0.3) is 0 Å². The van der Waals surface area contributed by atoms with Crippen LogP contribution in [0, 0.1) is 0 Å². The lowest BCUT2D eigenvalue weighted by Gasteiger charge is -2.14. The second-order valence-corrected chi connectivity index (χ2v) is 2.55. The van der Waals surface area contributed by atoms with E-state index in [-0.39, 0.29) is 18.8 Å². The number of aliphatic hydroxyl groups is 2. The second kappa shape index (κ2) is 5.65. The van der Waals surface area contributed by atoms with Crippen LogP contribution in [0.3, 0.4) is 0 Å². The molecule has 0 heterocycles. The highest BCUT2D eigenvalue weighted by Crippen LogP contribution is 1.88. The molecule has 0 aliphatic heterocycles. The summed E-state index contributed by atoms with van der Waals surface area (Å²) in [4.78, 5) is 0. The standard InChI is InChI=1S/C7H17NO2/c1-3-7(5-9)8-4-6(2)10/h6-10H,3-5H2,1-2H3/t6-,7?/m0/s1. The van der Waals surface area contributed by atoms with E-state index in [1.165, 1.54) is 0 Å². The Labute approximate surface area is 62.1 Å². The van der Waals surface area contributed by atoms with Gasteiger partial charge in [-0.3, -0.25) is 0 Å². The third-order valence-corrected chi connectivity index (χ3v) is 1.42. The van der Waals surface area contributed by atoms with Gasteiger partial charge in [0, 0.05) is 12.6 Å². The summed E-state index contributed by atoms with van der Waals surface area (Å²) in [6, 6.07) is 0.134. The van der Waals surface area contributed by atoms with Crippen molar-refractivity contribution in [2.24, 2.45) is 0 Å². The molecule has 0 rings (SSSR count). The van der Waals surface area contributed by atoms with Crippen molar-refractivity contribution in [1.29, 1.82) is 0 Å². The first kappa shape index (κ1) is 9.88. The van der Waals surface area contributed by atoms with Gasteiger partial charge in [0.05, 0.1) is 12.7 Å². The zero-order valence-electron chi connectivity index (χ0n) is 6.67. The zero-order valence-corrected chi connectivity index (χ0v) is 6.67. The van der Waals surface area contributed by atoms with Crippen LogP contribution in [-0.2, 0) is 0 Å². The third-order valence-electron chi connectivity index (χ3n) is 1.42. The molecule has 0 aromatic carbocycles. The largest absolute Gasteiger partial charge is 0.395 e. The summed E-state index contributed by atoms with van der Waals surface area (Å²) in [6.07, 6.45) is 0.559. The lowest BCUT2D eigenvalue weighted by Crippen LogP contribution is -2.36. The van der Waals surface area contributed by atoms with E-state index in [0.29, 0.717) is 6.54 Å². The molecular weight excluding hydrogens is 130 g/mol. The normalized spacial score (nSPS) is 16.8. The topological polar surface area (TPSA) is 52.5 Å². The molecule has 0 fully saturated rings. The maximum Gasteiger partial charge on any atom is 0.0636 e. The fourth-order valence-electron chi connectivity index (χ4n) is 0.675. The van der Waals surface area contributed by atoms with Gasteiger partial charge in [0.1, 0.15) is 0 Å². The minimum atomic E-state index is -0.333. The number of aliphatic hydroxyl groups excluding tert-OH is 2. The van der Waals surface area contributed by atoms with E-state index in [1.54, 1.807) is 6.92 Å². The molecule has 3 nitrogen and oxygen atoms in total. The first-order chi connectivity index (χ1) is 4.70. The van der Waals surface area contributed by atoms with Gasteiger partial charge in [-0.1, -0.05) is 6.92 Å². The first-order valence-corrected chi connectivity index (χ1v) is 3.73. The molecule has 3 heteroatoms. The van der Waals surface area contributed by atoms with Crippen LogP contribution in [0.15, 0.2) is 0 Å². The second-order valence-electron chi connectivity index (χ2n) is 2.55. The van der Waals surface area contributed by atoms with Gasteiger partial charge in [-0.25, -0.2) is 0 Å². The van der Waals surface area contributed by atoms with Crippen molar-refractivity contribution in [3.63, 3.8) is 0 Å². The molecule has 0 aromatic heterocycles. The molecule has 2 atom stereocenters. The van der Waals surface area contributed by atoms with Crippen LogP contribution in [0.25, 0.3) is 0 Å². The summed E-state index contributed by atoms with van der Waals surface area (Å²) >= 11 is 0. The van der Waals surface area contributed by atoms with Crippen molar-refractivity contribution in [1.82, 2.24) is 5.32 Å². The van der Waals surface area contributed by atoms with Gasteiger partial charge >= 0.3 is 0 Å². The molecule has 3 N–H and O–H groups in total. The molecule has 62 valence electrons. The average Bonchev–Trinajstić information content (AvgIpc) is 1.90. The van der Waals surface area contributed by atoms with Crippen LogP contribution < -0.4 is 5.32 Å². The Balaban J connectivity index is 3.26. The molecule has 0 amide bonds.